The van der Waals surface area contributed by atoms with E-state index in [-0.39, 0.29) is 30.4 Å². The van der Waals surface area contributed by atoms with Crippen molar-refractivity contribution in [2.45, 2.75) is 20.0 Å². The Morgan fingerprint density at radius 2 is 1.70 bits per heavy atom. The van der Waals surface area contributed by atoms with Gasteiger partial charge < -0.3 is 20.1 Å². The van der Waals surface area contributed by atoms with Gasteiger partial charge in [-0.25, -0.2) is 4.98 Å². The van der Waals surface area contributed by atoms with Crippen molar-refractivity contribution in [2.24, 2.45) is 0 Å². The topological polar surface area (TPSA) is 119 Å². The number of thiazole rings is 1. The minimum absolute atomic E-state index is 0.0947. The largest absolute Gasteiger partial charge is 0.491 e. The molecule has 0 aliphatic rings. The minimum atomic E-state index is -0.376. The summed E-state index contributed by atoms with van der Waals surface area (Å²) in [5, 5.41) is 9.95. The number of carbonyl (C=O) groups excluding carboxylic acids is 3. The van der Waals surface area contributed by atoms with Gasteiger partial charge in [0.05, 0.1) is 12.6 Å². The fourth-order valence-corrected chi connectivity index (χ4v) is 3.24. The number of rotatable bonds is 9. The van der Waals surface area contributed by atoms with Crippen molar-refractivity contribution in [1.29, 1.82) is 0 Å². The van der Waals surface area contributed by atoms with Crippen LogP contribution >= 0.6 is 11.3 Å². The van der Waals surface area contributed by atoms with Crippen LogP contribution in [0.2, 0.25) is 0 Å². The molecule has 10 heteroatoms. The molecule has 1 heterocycles. The number of likely N-dealkylation sites (N-methyl/N-ethyl adjacent to an activating group) is 1. The first kappa shape index (κ1) is 23.7. The van der Waals surface area contributed by atoms with Crippen molar-refractivity contribution in [3.8, 4) is 17.2 Å². The molecule has 3 amide bonds. The fourth-order valence-electron chi connectivity index (χ4n) is 2.72. The normalized spacial score (nSPS) is 10.4. The van der Waals surface area contributed by atoms with E-state index in [0.717, 1.165) is 0 Å². The molecule has 0 fully saturated rings. The van der Waals surface area contributed by atoms with E-state index in [1.54, 1.807) is 54.0 Å². The average Bonchev–Trinajstić information content (AvgIpc) is 3.30. The van der Waals surface area contributed by atoms with Crippen molar-refractivity contribution >= 4 is 34.2 Å². The molecule has 0 radical (unpaired) electrons. The van der Waals surface area contributed by atoms with Gasteiger partial charge in [-0.1, -0.05) is 0 Å². The summed E-state index contributed by atoms with van der Waals surface area (Å²) in [7, 11) is 1.50. The maximum atomic E-state index is 12.7. The fraction of sp³-hybridized carbons (Fsp3) is 0.217. The highest BCUT2D eigenvalue weighted by molar-refractivity contribution is 7.13. The zero-order valence-electron chi connectivity index (χ0n) is 18.4. The van der Waals surface area contributed by atoms with Gasteiger partial charge in [-0.2, -0.15) is 0 Å². The highest BCUT2D eigenvalue weighted by atomic mass is 32.1. The average molecular weight is 469 g/mol. The van der Waals surface area contributed by atoms with Crippen LogP contribution < -0.4 is 25.4 Å². The van der Waals surface area contributed by atoms with Gasteiger partial charge in [0.1, 0.15) is 17.2 Å². The second-order valence-electron chi connectivity index (χ2n) is 7.13. The van der Waals surface area contributed by atoms with Crippen LogP contribution in [0.5, 0.6) is 17.2 Å². The number of nitrogens with one attached hydrogen (secondary N) is 3. The molecule has 3 aromatic rings. The molecule has 33 heavy (non-hydrogen) atoms. The summed E-state index contributed by atoms with van der Waals surface area (Å²) in [6, 6.07) is 11.3. The van der Waals surface area contributed by atoms with Crippen LogP contribution in [0.15, 0.2) is 54.0 Å². The van der Waals surface area contributed by atoms with Gasteiger partial charge in [0.15, 0.2) is 5.13 Å². The molecule has 0 bridgehead atoms. The van der Waals surface area contributed by atoms with Crippen molar-refractivity contribution in [1.82, 2.24) is 15.6 Å². The van der Waals surface area contributed by atoms with E-state index in [9.17, 15) is 14.4 Å². The Morgan fingerprint density at radius 1 is 0.970 bits per heavy atom. The molecule has 2 aromatic carbocycles. The van der Waals surface area contributed by atoms with E-state index in [4.69, 9.17) is 9.47 Å². The van der Waals surface area contributed by atoms with Gasteiger partial charge in [-0.05, 0) is 50.2 Å². The number of hydrogen-bond donors (Lipinski definition) is 3. The van der Waals surface area contributed by atoms with Crippen molar-refractivity contribution in [3.05, 3.63) is 65.2 Å². The van der Waals surface area contributed by atoms with Crippen LogP contribution in [-0.2, 0) is 4.79 Å². The van der Waals surface area contributed by atoms with Crippen molar-refractivity contribution in [3.63, 3.8) is 0 Å². The van der Waals surface area contributed by atoms with Gasteiger partial charge in [0.25, 0.3) is 11.8 Å². The number of benzene rings is 2. The maximum Gasteiger partial charge on any atom is 0.257 e. The molecular formula is C23H24N4O5S. The third-order valence-corrected chi connectivity index (χ3v) is 4.90. The summed E-state index contributed by atoms with van der Waals surface area (Å²) in [6.07, 6.45) is 1.51. The highest BCUT2D eigenvalue weighted by Crippen LogP contribution is 2.29. The molecule has 0 spiro atoms. The number of aromatic nitrogens is 1. The summed E-state index contributed by atoms with van der Waals surface area (Å²) in [5.41, 5.74) is 0.732. The quantitative estimate of drug-likeness (QED) is 0.443. The van der Waals surface area contributed by atoms with Gasteiger partial charge in [0.2, 0.25) is 5.91 Å². The van der Waals surface area contributed by atoms with Crippen LogP contribution in [0.25, 0.3) is 0 Å². The van der Waals surface area contributed by atoms with Gasteiger partial charge >= 0.3 is 0 Å². The lowest BCUT2D eigenvalue weighted by Gasteiger charge is -2.14. The summed E-state index contributed by atoms with van der Waals surface area (Å²) >= 11 is 1.32. The molecule has 0 saturated carbocycles. The predicted octanol–water partition coefficient (Wildman–Crippen LogP) is 3.45. The summed E-state index contributed by atoms with van der Waals surface area (Å²) in [6.45, 7) is 3.66. The number of hydrogen-bond acceptors (Lipinski definition) is 7. The Kier molecular flexibility index (Phi) is 7.98. The smallest absolute Gasteiger partial charge is 0.257 e. The predicted molar refractivity (Wildman–Crippen MR) is 125 cm³/mol. The van der Waals surface area contributed by atoms with Gasteiger partial charge in [-0.15, -0.1) is 11.3 Å². The maximum absolute atomic E-state index is 12.7. The van der Waals surface area contributed by atoms with E-state index in [1.165, 1.54) is 18.4 Å². The molecule has 1 aromatic heterocycles. The Morgan fingerprint density at radius 3 is 2.33 bits per heavy atom. The van der Waals surface area contributed by atoms with Crippen LogP contribution in [-0.4, -0.2) is 42.4 Å². The number of ether oxygens (including phenoxy) is 2. The molecule has 172 valence electrons. The third kappa shape index (κ3) is 7.04. The van der Waals surface area contributed by atoms with E-state index in [2.05, 4.69) is 20.9 Å². The Labute approximate surface area is 195 Å². The first-order valence-electron chi connectivity index (χ1n) is 10.1. The Bertz CT molecular complexity index is 1110. The number of carbonyl (C=O) groups is 3. The molecule has 0 saturated heterocycles. The zero-order valence-corrected chi connectivity index (χ0v) is 19.2. The molecular weight excluding hydrogens is 444 g/mol. The molecule has 0 atom stereocenters. The van der Waals surface area contributed by atoms with Crippen LogP contribution in [0, 0.1) is 0 Å². The first-order chi connectivity index (χ1) is 15.8. The number of amides is 3. The van der Waals surface area contributed by atoms with E-state index >= 15 is 0 Å². The van der Waals surface area contributed by atoms with Crippen molar-refractivity contribution in [2.75, 3.05) is 18.9 Å². The van der Waals surface area contributed by atoms with Gasteiger partial charge in [-0.3, -0.25) is 19.7 Å². The first-order valence-corrected chi connectivity index (χ1v) is 11.0. The van der Waals surface area contributed by atoms with Crippen LogP contribution in [0.3, 0.4) is 0 Å². The molecule has 3 rings (SSSR count). The lowest BCUT2D eigenvalue weighted by molar-refractivity contribution is -0.119. The minimum Gasteiger partial charge on any atom is -0.491 e. The number of nitrogens with zero attached hydrogens (tertiary/aromatic N) is 1. The standard InChI is InChI=1S/C23H24N4O5S/c1-14(2)31-18-10-16(22(30)27-23-25-8-9-33-23)11-19(12-18)32-17-6-4-15(5-7-17)21(29)26-13-20(28)24-3/h4-12,14H,13H2,1-3H3,(H,24,28)(H,26,29)(H,25,27,30). The lowest BCUT2D eigenvalue weighted by Crippen LogP contribution is -2.35. The van der Waals surface area contributed by atoms with E-state index in [0.29, 0.717) is 33.5 Å². The van der Waals surface area contributed by atoms with Crippen LogP contribution in [0.1, 0.15) is 34.6 Å². The van der Waals surface area contributed by atoms with Crippen molar-refractivity contribution < 1.29 is 23.9 Å². The summed E-state index contributed by atoms with van der Waals surface area (Å²) < 4.78 is 11.7. The Hall–Kier alpha value is -3.92. The second kappa shape index (κ2) is 11.1. The van der Waals surface area contributed by atoms with E-state index < -0.39 is 0 Å². The molecule has 0 aliphatic carbocycles. The summed E-state index contributed by atoms with van der Waals surface area (Å²) in [5.74, 6) is 0.337. The molecule has 9 nitrogen and oxygen atoms in total. The second-order valence-corrected chi connectivity index (χ2v) is 8.03. The monoisotopic (exact) mass is 468 g/mol. The number of anilines is 1. The third-order valence-electron chi connectivity index (χ3n) is 4.21. The molecule has 0 aliphatic heterocycles. The van der Waals surface area contributed by atoms with Crippen LogP contribution in [0.4, 0.5) is 5.13 Å². The molecule has 0 unspecified atom stereocenters. The SMILES string of the molecule is CNC(=O)CNC(=O)c1ccc(Oc2cc(OC(C)C)cc(C(=O)Nc3nccs3)c2)cc1. The molecule has 3 N–H and O–H groups in total. The van der Waals surface area contributed by atoms with E-state index in [1.807, 2.05) is 13.8 Å². The highest BCUT2D eigenvalue weighted by Gasteiger charge is 2.14. The Balaban J connectivity index is 1.75. The zero-order chi connectivity index (χ0) is 23.8. The lowest BCUT2D eigenvalue weighted by atomic mass is 10.1. The van der Waals surface area contributed by atoms with Gasteiger partial charge in [0, 0.05) is 35.8 Å². The summed E-state index contributed by atoms with van der Waals surface area (Å²) in [4.78, 5) is 40.1.